The highest BCUT2D eigenvalue weighted by Crippen LogP contribution is 2.36. The summed E-state index contributed by atoms with van der Waals surface area (Å²) in [4.78, 5) is 23.0. The second kappa shape index (κ2) is 8.57. The third-order valence-electron chi connectivity index (χ3n) is 2.99. The van der Waals surface area contributed by atoms with E-state index in [1.165, 1.54) is 43.3 Å². The van der Waals surface area contributed by atoms with Crippen LogP contribution in [-0.4, -0.2) is 17.3 Å². The number of amides is 2. The van der Waals surface area contributed by atoms with Gasteiger partial charge in [-0.1, -0.05) is 18.2 Å². The lowest BCUT2D eigenvalue weighted by atomic mass is 10.2. The Labute approximate surface area is 152 Å². The van der Waals surface area contributed by atoms with Gasteiger partial charge in [-0.3, -0.25) is 9.59 Å². The Morgan fingerprint density at radius 2 is 1.62 bits per heavy atom. The van der Waals surface area contributed by atoms with Crippen molar-refractivity contribution in [1.82, 2.24) is 0 Å². The monoisotopic (exact) mass is 380 g/mol. The van der Waals surface area contributed by atoms with Crippen molar-refractivity contribution in [3.8, 4) is 0 Å². The second-order valence-electron chi connectivity index (χ2n) is 5.20. The van der Waals surface area contributed by atoms with Gasteiger partial charge in [-0.25, -0.2) is 0 Å². The molecule has 0 saturated carbocycles. The zero-order valence-corrected chi connectivity index (χ0v) is 14.4. The van der Waals surface area contributed by atoms with E-state index < -0.39 is 11.4 Å². The van der Waals surface area contributed by atoms with Crippen molar-refractivity contribution in [2.75, 3.05) is 10.6 Å². The maximum absolute atomic E-state index is 12.3. The van der Waals surface area contributed by atoms with Crippen molar-refractivity contribution < 1.29 is 22.8 Å². The van der Waals surface area contributed by atoms with Crippen molar-refractivity contribution in [2.24, 2.45) is 0 Å². The van der Waals surface area contributed by atoms with Crippen molar-refractivity contribution in [3.05, 3.63) is 60.2 Å². The average molecular weight is 380 g/mol. The molecule has 26 heavy (non-hydrogen) atoms. The van der Waals surface area contributed by atoms with E-state index in [0.717, 1.165) is 0 Å². The fourth-order valence-electron chi connectivity index (χ4n) is 2.01. The highest BCUT2D eigenvalue weighted by atomic mass is 32.2. The van der Waals surface area contributed by atoms with E-state index in [4.69, 9.17) is 0 Å². The number of benzene rings is 2. The van der Waals surface area contributed by atoms with Gasteiger partial charge in [-0.15, -0.1) is 0 Å². The summed E-state index contributed by atoms with van der Waals surface area (Å²) >= 11 is -0.192. The Morgan fingerprint density at radius 3 is 2.19 bits per heavy atom. The van der Waals surface area contributed by atoms with Crippen molar-refractivity contribution in [3.63, 3.8) is 0 Å². The smallest absolute Gasteiger partial charge is 0.326 e. The quantitative estimate of drug-likeness (QED) is 0.572. The van der Waals surface area contributed by atoms with Gasteiger partial charge in [0.15, 0.2) is 0 Å². The third kappa shape index (κ3) is 7.02. The van der Waals surface area contributed by atoms with Gasteiger partial charge in [0.1, 0.15) is 0 Å². The molecule has 0 fully saturated rings. The summed E-state index contributed by atoms with van der Waals surface area (Å²) in [6, 6.07) is 12.3. The van der Waals surface area contributed by atoms with E-state index in [0.29, 0.717) is 16.9 Å². The highest BCUT2D eigenvalue weighted by Gasteiger charge is 2.28. The Hall–Kier alpha value is -2.74. The molecule has 0 aliphatic heterocycles. The molecule has 2 aromatic carbocycles. The van der Waals surface area contributed by atoms with Crippen LogP contribution in [0.4, 0.5) is 24.5 Å². The number of thioether (sulfide) groups is 1. The molecule has 0 unspecified atom stereocenters. The summed E-state index contributed by atoms with van der Waals surface area (Å²) in [7, 11) is 0. The lowest BCUT2D eigenvalue weighted by Crippen LogP contribution is -2.09. The van der Waals surface area contributed by atoms with Crippen LogP contribution in [0, 0.1) is 0 Å². The minimum Gasteiger partial charge on any atom is -0.326 e. The number of anilines is 2. The molecule has 2 N–H and O–H groups in total. The topological polar surface area (TPSA) is 58.2 Å². The number of carbonyl (C=O) groups is 2. The number of hydrogen-bond acceptors (Lipinski definition) is 3. The number of halogens is 3. The molecule has 0 spiro atoms. The van der Waals surface area contributed by atoms with Gasteiger partial charge in [-0.05, 0) is 53.7 Å². The lowest BCUT2D eigenvalue weighted by molar-refractivity contribution is -0.114. The first-order valence-corrected chi connectivity index (χ1v) is 8.25. The van der Waals surface area contributed by atoms with Crippen LogP contribution >= 0.6 is 11.8 Å². The fourth-order valence-corrected chi connectivity index (χ4v) is 2.55. The summed E-state index contributed by atoms with van der Waals surface area (Å²) in [6.45, 7) is 1.38. The van der Waals surface area contributed by atoms with Crippen LogP contribution < -0.4 is 10.6 Å². The number of alkyl halides is 3. The Morgan fingerprint density at radius 1 is 1.00 bits per heavy atom. The van der Waals surface area contributed by atoms with Gasteiger partial charge in [0, 0.05) is 29.3 Å². The van der Waals surface area contributed by atoms with E-state index in [2.05, 4.69) is 10.6 Å². The summed E-state index contributed by atoms with van der Waals surface area (Å²) in [5, 5.41) is 5.25. The van der Waals surface area contributed by atoms with Gasteiger partial charge in [0.25, 0.3) is 0 Å². The first kappa shape index (κ1) is 19.6. The normalized spacial score (nSPS) is 11.4. The molecule has 2 amide bonds. The Balaban J connectivity index is 1.96. The molecule has 2 aromatic rings. The molecule has 0 aromatic heterocycles. The van der Waals surface area contributed by atoms with Crippen molar-refractivity contribution >= 4 is 41.0 Å². The molecule has 0 saturated heterocycles. The van der Waals surface area contributed by atoms with Crippen LogP contribution in [0.3, 0.4) is 0 Å². The van der Waals surface area contributed by atoms with Gasteiger partial charge in [0.2, 0.25) is 11.8 Å². The van der Waals surface area contributed by atoms with Crippen molar-refractivity contribution in [2.45, 2.75) is 17.3 Å². The molecule has 0 heterocycles. The van der Waals surface area contributed by atoms with Gasteiger partial charge < -0.3 is 10.6 Å². The minimum atomic E-state index is -4.33. The average Bonchev–Trinajstić information content (AvgIpc) is 2.52. The molecule has 0 bridgehead atoms. The number of nitrogens with one attached hydrogen (secondary N) is 2. The van der Waals surface area contributed by atoms with E-state index in [-0.39, 0.29) is 22.6 Å². The molecule has 0 aliphatic rings. The largest absolute Gasteiger partial charge is 0.446 e. The maximum atomic E-state index is 12.3. The first-order chi connectivity index (χ1) is 12.2. The van der Waals surface area contributed by atoms with Gasteiger partial charge in [0.05, 0.1) is 0 Å². The van der Waals surface area contributed by atoms with Crippen molar-refractivity contribution in [1.29, 1.82) is 0 Å². The summed E-state index contributed by atoms with van der Waals surface area (Å²) in [5.41, 5.74) is -2.68. The molecular weight excluding hydrogens is 365 g/mol. The number of rotatable bonds is 5. The van der Waals surface area contributed by atoms with E-state index in [9.17, 15) is 22.8 Å². The van der Waals surface area contributed by atoms with E-state index in [1.807, 2.05) is 0 Å². The predicted octanol–water partition coefficient (Wildman–Crippen LogP) is 4.91. The Kier molecular flexibility index (Phi) is 6.46. The van der Waals surface area contributed by atoms with Crippen LogP contribution in [0.2, 0.25) is 0 Å². The zero-order chi connectivity index (χ0) is 19.2. The zero-order valence-electron chi connectivity index (χ0n) is 13.6. The molecule has 0 radical (unpaired) electrons. The standard InChI is InChI=1S/C18H15F3N2O2S/c1-12(24)22-14-3-2-4-15(11-14)23-17(25)10-7-13-5-8-16(9-6-13)26-18(19,20)21/h2-11H,1H3,(H,22,24)(H,23,25)/b10-7+. The lowest BCUT2D eigenvalue weighted by Gasteiger charge is -2.06. The minimum absolute atomic E-state index is 0.0777. The van der Waals surface area contributed by atoms with E-state index in [1.54, 1.807) is 24.3 Å². The SMILES string of the molecule is CC(=O)Nc1cccc(NC(=O)/C=C/c2ccc(SC(F)(F)F)cc2)c1. The van der Waals surface area contributed by atoms with Gasteiger partial charge in [-0.2, -0.15) is 13.2 Å². The molecule has 0 aliphatic carbocycles. The number of hydrogen-bond donors (Lipinski definition) is 2. The number of carbonyl (C=O) groups excluding carboxylic acids is 2. The molecular formula is C18H15F3N2O2S. The van der Waals surface area contributed by atoms with Crippen LogP contribution in [-0.2, 0) is 9.59 Å². The third-order valence-corrected chi connectivity index (χ3v) is 3.73. The molecule has 136 valence electrons. The van der Waals surface area contributed by atoms with Gasteiger partial charge >= 0.3 is 5.51 Å². The molecule has 4 nitrogen and oxygen atoms in total. The predicted molar refractivity (Wildman–Crippen MR) is 96.8 cm³/mol. The maximum Gasteiger partial charge on any atom is 0.446 e. The highest BCUT2D eigenvalue weighted by molar-refractivity contribution is 8.00. The van der Waals surface area contributed by atoms with Crippen LogP contribution in [0.25, 0.3) is 6.08 Å². The Bertz CT molecular complexity index is 818. The van der Waals surface area contributed by atoms with Crippen LogP contribution in [0.1, 0.15) is 12.5 Å². The molecule has 2 rings (SSSR count). The summed E-state index contributed by atoms with van der Waals surface area (Å²) < 4.78 is 36.8. The first-order valence-electron chi connectivity index (χ1n) is 7.44. The molecule has 8 heteroatoms. The van der Waals surface area contributed by atoms with Crippen LogP contribution in [0.5, 0.6) is 0 Å². The fraction of sp³-hybridized carbons (Fsp3) is 0.111. The summed E-state index contributed by atoms with van der Waals surface area (Å²) in [5.74, 6) is -0.626. The second-order valence-corrected chi connectivity index (χ2v) is 6.34. The molecule has 0 atom stereocenters. The summed E-state index contributed by atoms with van der Waals surface area (Å²) in [6.07, 6.45) is 2.77. The van der Waals surface area contributed by atoms with Crippen LogP contribution in [0.15, 0.2) is 59.5 Å². The van der Waals surface area contributed by atoms with E-state index >= 15 is 0 Å².